The Kier molecular flexibility index (Phi) is 4.51. The molecule has 1 aliphatic rings. The molecule has 31 heavy (non-hydrogen) atoms. The number of aromatic nitrogens is 5. The number of hydrogen-bond donors (Lipinski definition) is 3. The molecule has 4 aromatic rings. The predicted molar refractivity (Wildman–Crippen MR) is 120 cm³/mol. The van der Waals surface area contributed by atoms with E-state index in [2.05, 4.69) is 15.3 Å². The van der Waals surface area contributed by atoms with Crippen molar-refractivity contribution in [2.24, 2.45) is 20.0 Å². The van der Waals surface area contributed by atoms with Gasteiger partial charge in [-0.25, -0.2) is 4.79 Å². The third-order valence-corrected chi connectivity index (χ3v) is 6.45. The predicted octanol–water partition coefficient (Wildman–Crippen LogP) is 1.45. The molecule has 3 N–H and O–H groups in total. The Labute approximate surface area is 178 Å². The van der Waals surface area contributed by atoms with Crippen LogP contribution < -0.4 is 16.6 Å². The Morgan fingerprint density at radius 3 is 2.71 bits per heavy atom. The quantitative estimate of drug-likeness (QED) is 0.451. The first kappa shape index (κ1) is 19.6. The van der Waals surface area contributed by atoms with Gasteiger partial charge in [-0.05, 0) is 43.4 Å². The molecule has 1 aliphatic carbocycles. The molecule has 0 unspecified atom stereocenters. The number of aromatic amines is 1. The summed E-state index contributed by atoms with van der Waals surface area (Å²) in [5.41, 5.74) is 2.90. The molecule has 1 fully saturated rings. The lowest BCUT2D eigenvalue weighted by Crippen LogP contribution is -2.40. The number of nitrogens with one attached hydrogen (secondary N) is 2. The minimum Gasteiger partial charge on any atom is -0.396 e. The number of rotatable bonds is 5. The van der Waals surface area contributed by atoms with Gasteiger partial charge in [0.2, 0.25) is 5.95 Å². The van der Waals surface area contributed by atoms with Crippen LogP contribution in [0.1, 0.15) is 24.1 Å². The lowest BCUT2D eigenvalue weighted by Gasteiger charge is -2.34. The maximum Gasteiger partial charge on any atom is 0.332 e. The zero-order valence-electron chi connectivity index (χ0n) is 17.8. The number of fused-ring (bicyclic) bond motifs is 2. The molecule has 5 rings (SSSR count). The summed E-state index contributed by atoms with van der Waals surface area (Å²) in [7, 11) is 3.42. The Balaban J connectivity index is 1.55. The third-order valence-electron chi connectivity index (χ3n) is 6.45. The van der Waals surface area contributed by atoms with E-state index in [9.17, 15) is 14.7 Å². The molecule has 1 saturated carbocycles. The van der Waals surface area contributed by atoms with Crippen molar-refractivity contribution >= 4 is 28.0 Å². The lowest BCUT2D eigenvalue weighted by molar-refractivity contribution is 0.151. The van der Waals surface area contributed by atoms with E-state index in [1.54, 1.807) is 18.7 Å². The van der Waals surface area contributed by atoms with Crippen LogP contribution in [-0.4, -0.2) is 41.4 Å². The smallest absolute Gasteiger partial charge is 0.332 e. The second-order valence-corrected chi connectivity index (χ2v) is 8.59. The van der Waals surface area contributed by atoms with Gasteiger partial charge < -0.3 is 20.0 Å². The van der Waals surface area contributed by atoms with Gasteiger partial charge in [0.1, 0.15) is 0 Å². The van der Waals surface area contributed by atoms with Crippen molar-refractivity contribution in [3.05, 3.63) is 56.4 Å². The van der Waals surface area contributed by atoms with E-state index < -0.39 is 5.69 Å². The topological polar surface area (TPSA) is 110 Å². The van der Waals surface area contributed by atoms with Gasteiger partial charge >= 0.3 is 5.69 Å². The van der Waals surface area contributed by atoms with E-state index >= 15 is 0 Å². The maximum atomic E-state index is 13.3. The van der Waals surface area contributed by atoms with Crippen molar-refractivity contribution < 1.29 is 5.11 Å². The highest BCUT2D eigenvalue weighted by Gasteiger charge is 2.30. The highest BCUT2D eigenvalue weighted by atomic mass is 16.3. The molecule has 1 aromatic carbocycles. The van der Waals surface area contributed by atoms with Gasteiger partial charge in [0, 0.05) is 43.3 Å². The fraction of sp³-hybridized carbons (Fsp3) is 0.409. The van der Waals surface area contributed by atoms with Crippen LogP contribution in [-0.2, 0) is 20.6 Å². The summed E-state index contributed by atoms with van der Waals surface area (Å²) in [4.78, 5) is 34.1. The van der Waals surface area contributed by atoms with E-state index in [-0.39, 0.29) is 24.8 Å². The summed E-state index contributed by atoms with van der Waals surface area (Å²) < 4.78 is 4.39. The van der Waals surface area contributed by atoms with Crippen LogP contribution in [0, 0.1) is 12.8 Å². The van der Waals surface area contributed by atoms with Crippen LogP contribution in [0.5, 0.6) is 0 Å². The summed E-state index contributed by atoms with van der Waals surface area (Å²) in [6.07, 6.45) is 1.73. The number of imidazole rings is 1. The molecule has 9 heteroatoms. The molecule has 0 radical (unpaired) electrons. The number of hydrogen-bond acceptors (Lipinski definition) is 5. The molecule has 0 amide bonds. The van der Waals surface area contributed by atoms with Crippen molar-refractivity contribution in [3.8, 4) is 0 Å². The average Bonchev–Trinajstić information content (AvgIpc) is 3.28. The van der Waals surface area contributed by atoms with Crippen LogP contribution in [0.4, 0.5) is 5.95 Å². The van der Waals surface area contributed by atoms with Gasteiger partial charge in [0.05, 0.1) is 6.54 Å². The van der Waals surface area contributed by atoms with E-state index in [0.29, 0.717) is 23.0 Å². The van der Waals surface area contributed by atoms with Crippen LogP contribution in [0.3, 0.4) is 0 Å². The van der Waals surface area contributed by atoms with Gasteiger partial charge in [-0.3, -0.25) is 13.9 Å². The van der Waals surface area contributed by atoms with Crippen LogP contribution in [0.15, 0.2) is 33.9 Å². The fourth-order valence-electron chi connectivity index (χ4n) is 4.52. The van der Waals surface area contributed by atoms with Crippen molar-refractivity contribution in [1.29, 1.82) is 0 Å². The summed E-state index contributed by atoms with van der Waals surface area (Å²) >= 11 is 0. The second-order valence-electron chi connectivity index (χ2n) is 8.59. The maximum absolute atomic E-state index is 13.3. The molecule has 3 aromatic heterocycles. The first-order chi connectivity index (χ1) is 14.9. The fourth-order valence-corrected chi connectivity index (χ4v) is 4.52. The second kappa shape index (κ2) is 7.12. The van der Waals surface area contributed by atoms with E-state index in [1.807, 2.05) is 31.2 Å². The van der Waals surface area contributed by atoms with Crippen molar-refractivity contribution in [2.75, 3.05) is 11.9 Å². The molecular weight excluding hydrogens is 396 g/mol. The highest BCUT2D eigenvalue weighted by molar-refractivity contribution is 5.83. The minimum atomic E-state index is -0.401. The normalized spacial score (nSPS) is 18.6. The SMILES string of the molecule is Cc1cccc2[nH]c(Cn3c(=O)c4c(nc(NC5CC(CO)C5)n4C)n(C)c3=O)cc12. The number of aryl methyl sites for hydroxylation is 3. The molecule has 0 aliphatic heterocycles. The monoisotopic (exact) mass is 422 g/mol. The first-order valence-electron chi connectivity index (χ1n) is 10.5. The Bertz CT molecular complexity index is 1420. The summed E-state index contributed by atoms with van der Waals surface area (Å²) in [6.45, 7) is 2.38. The molecule has 0 spiro atoms. The number of H-pyrrole nitrogens is 1. The van der Waals surface area contributed by atoms with Crippen LogP contribution in [0.25, 0.3) is 22.1 Å². The number of aliphatic hydroxyl groups is 1. The number of benzene rings is 1. The molecule has 3 heterocycles. The van der Waals surface area contributed by atoms with E-state index in [1.165, 1.54) is 9.13 Å². The van der Waals surface area contributed by atoms with Crippen LogP contribution >= 0.6 is 0 Å². The Hall–Kier alpha value is -3.33. The third kappa shape index (κ3) is 3.07. The van der Waals surface area contributed by atoms with Crippen molar-refractivity contribution in [1.82, 2.24) is 23.7 Å². The molecule has 162 valence electrons. The summed E-state index contributed by atoms with van der Waals surface area (Å²) in [6, 6.07) is 8.19. The molecule has 0 atom stereocenters. The molecule has 0 bridgehead atoms. The first-order valence-corrected chi connectivity index (χ1v) is 10.5. The molecule has 9 nitrogen and oxygen atoms in total. The van der Waals surface area contributed by atoms with Gasteiger partial charge in [-0.1, -0.05) is 12.1 Å². The van der Waals surface area contributed by atoms with Crippen LogP contribution in [0.2, 0.25) is 0 Å². The number of aliphatic hydroxyl groups excluding tert-OH is 1. The van der Waals surface area contributed by atoms with Crippen molar-refractivity contribution in [3.63, 3.8) is 0 Å². The van der Waals surface area contributed by atoms with Gasteiger partial charge in [-0.2, -0.15) is 4.98 Å². The zero-order chi connectivity index (χ0) is 21.9. The number of nitrogens with zero attached hydrogens (tertiary/aromatic N) is 4. The average molecular weight is 422 g/mol. The summed E-state index contributed by atoms with van der Waals surface area (Å²) in [5, 5.41) is 13.6. The van der Waals surface area contributed by atoms with Gasteiger partial charge in [0.15, 0.2) is 11.2 Å². The lowest BCUT2D eigenvalue weighted by atomic mass is 9.81. The van der Waals surface area contributed by atoms with Gasteiger partial charge in [0.25, 0.3) is 5.56 Å². The Morgan fingerprint density at radius 2 is 2.00 bits per heavy atom. The highest BCUT2D eigenvalue weighted by Crippen LogP contribution is 2.29. The standard InChI is InChI=1S/C22H26N6O3/c1-12-5-4-6-17-16(12)9-15(23-17)10-28-20(30)18-19(27(3)22(28)31)25-21(26(18)2)24-14-7-13(8-14)11-29/h4-6,9,13-14,23,29H,7-8,10-11H2,1-3H3,(H,24,25). The van der Waals surface area contributed by atoms with Gasteiger partial charge in [-0.15, -0.1) is 0 Å². The Morgan fingerprint density at radius 1 is 1.23 bits per heavy atom. The summed E-state index contributed by atoms with van der Waals surface area (Å²) in [5.74, 6) is 0.871. The molecule has 0 saturated heterocycles. The van der Waals surface area contributed by atoms with E-state index in [0.717, 1.165) is 35.0 Å². The van der Waals surface area contributed by atoms with Crippen molar-refractivity contribution in [2.45, 2.75) is 32.4 Å². The van der Waals surface area contributed by atoms with E-state index in [4.69, 9.17) is 0 Å². The zero-order valence-corrected chi connectivity index (χ0v) is 17.8. The molecular formula is C22H26N6O3. The number of anilines is 1. The minimum absolute atomic E-state index is 0.157. The largest absolute Gasteiger partial charge is 0.396 e.